The molecule has 3 atom stereocenters. The first-order valence-electron chi connectivity index (χ1n) is 7.69. The highest BCUT2D eigenvalue weighted by molar-refractivity contribution is 6.04. The predicted octanol–water partition coefficient (Wildman–Crippen LogP) is 1.81. The Hall–Kier alpha value is -1.39. The zero-order chi connectivity index (χ0) is 14.3. The predicted molar refractivity (Wildman–Crippen MR) is 70.7 cm³/mol. The van der Waals surface area contributed by atoms with Gasteiger partial charge in [-0.2, -0.15) is 0 Å². The van der Waals surface area contributed by atoms with Crippen molar-refractivity contribution < 1.29 is 19.5 Å². The van der Waals surface area contributed by atoms with Crippen molar-refractivity contribution in [1.82, 2.24) is 4.90 Å². The third-order valence-corrected chi connectivity index (χ3v) is 5.23. The number of carboxylic acid groups (broad SMARTS) is 1. The minimum Gasteiger partial charge on any atom is -0.480 e. The highest BCUT2D eigenvalue weighted by atomic mass is 16.4. The van der Waals surface area contributed by atoms with Gasteiger partial charge in [0.15, 0.2) is 0 Å². The maximum Gasteiger partial charge on any atom is 0.327 e. The number of amides is 2. The number of carbonyl (C=O) groups excluding carboxylic acids is 2. The van der Waals surface area contributed by atoms with Crippen molar-refractivity contribution in [2.45, 2.75) is 57.4 Å². The van der Waals surface area contributed by atoms with E-state index in [1.165, 1.54) is 0 Å². The van der Waals surface area contributed by atoms with Crippen molar-refractivity contribution in [3.8, 4) is 0 Å². The van der Waals surface area contributed by atoms with Crippen LogP contribution in [-0.4, -0.2) is 33.8 Å². The van der Waals surface area contributed by atoms with Gasteiger partial charge in [0.1, 0.15) is 6.04 Å². The molecule has 5 nitrogen and oxygen atoms in total. The van der Waals surface area contributed by atoms with Crippen LogP contribution in [-0.2, 0) is 14.4 Å². The molecule has 20 heavy (non-hydrogen) atoms. The fourth-order valence-electron chi connectivity index (χ4n) is 4.18. The third-order valence-electron chi connectivity index (χ3n) is 5.23. The SMILES string of the molecule is O=C(O)C(C1CCCCC1)N1C(=O)C2CCC(C2)C1=O. The van der Waals surface area contributed by atoms with Crippen LogP contribution in [0.15, 0.2) is 0 Å². The zero-order valence-corrected chi connectivity index (χ0v) is 11.6. The van der Waals surface area contributed by atoms with Gasteiger partial charge in [0.2, 0.25) is 11.8 Å². The molecule has 0 aromatic heterocycles. The second-order valence-electron chi connectivity index (χ2n) is 6.43. The van der Waals surface area contributed by atoms with E-state index in [0.29, 0.717) is 6.42 Å². The Balaban J connectivity index is 1.88. The van der Waals surface area contributed by atoms with Gasteiger partial charge in [0, 0.05) is 11.8 Å². The molecular weight excluding hydrogens is 258 g/mol. The third kappa shape index (κ3) is 2.13. The lowest BCUT2D eigenvalue weighted by Gasteiger charge is -2.38. The number of nitrogens with zero attached hydrogens (tertiary/aromatic N) is 1. The van der Waals surface area contributed by atoms with Crippen molar-refractivity contribution in [3.63, 3.8) is 0 Å². The van der Waals surface area contributed by atoms with Crippen LogP contribution in [0, 0.1) is 17.8 Å². The van der Waals surface area contributed by atoms with E-state index in [1.807, 2.05) is 0 Å². The van der Waals surface area contributed by atoms with Crippen LogP contribution in [0.5, 0.6) is 0 Å². The zero-order valence-electron chi connectivity index (χ0n) is 11.6. The Labute approximate surface area is 118 Å². The van der Waals surface area contributed by atoms with Crippen LogP contribution in [0.4, 0.5) is 0 Å². The van der Waals surface area contributed by atoms with E-state index in [-0.39, 0.29) is 29.6 Å². The first-order valence-corrected chi connectivity index (χ1v) is 7.69. The number of piperidine rings is 1. The van der Waals surface area contributed by atoms with E-state index in [4.69, 9.17) is 0 Å². The summed E-state index contributed by atoms with van der Waals surface area (Å²) in [6.45, 7) is 0. The molecule has 1 aliphatic heterocycles. The molecule has 1 saturated heterocycles. The second kappa shape index (κ2) is 5.19. The Morgan fingerprint density at radius 1 is 1.00 bits per heavy atom. The highest BCUT2D eigenvalue weighted by Gasteiger charge is 2.51. The molecule has 1 N–H and O–H groups in total. The van der Waals surface area contributed by atoms with Gasteiger partial charge >= 0.3 is 5.97 Å². The maximum atomic E-state index is 12.4. The van der Waals surface area contributed by atoms with Crippen LogP contribution < -0.4 is 0 Å². The van der Waals surface area contributed by atoms with E-state index in [1.54, 1.807) is 0 Å². The molecule has 0 aromatic carbocycles. The number of likely N-dealkylation sites (tertiary alicyclic amines) is 1. The average molecular weight is 279 g/mol. The molecule has 2 aliphatic carbocycles. The van der Waals surface area contributed by atoms with Gasteiger partial charge in [0.05, 0.1) is 0 Å². The molecule has 3 aliphatic rings. The molecule has 0 spiro atoms. The maximum absolute atomic E-state index is 12.4. The van der Waals surface area contributed by atoms with Crippen LogP contribution in [0.3, 0.4) is 0 Å². The Morgan fingerprint density at radius 3 is 2.05 bits per heavy atom. The van der Waals surface area contributed by atoms with Gasteiger partial charge in [-0.1, -0.05) is 19.3 Å². The smallest absolute Gasteiger partial charge is 0.327 e. The lowest BCUT2D eigenvalue weighted by molar-refractivity contribution is -0.166. The topological polar surface area (TPSA) is 74.7 Å². The molecule has 3 unspecified atom stereocenters. The van der Waals surface area contributed by atoms with E-state index in [9.17, 15) is 19.5 Å². The Bertz CT molecular complexity index is 419. The lowest BCUT2D eigenvalue weighted by Crippen LogP contribution is -2.57. The summed E-state index contributed by atoms with van der Waals surface area (Å²) in [6.07, 6.45) is 6.84. The molecule has 3 rings (SSSR count). The van der Waals surface area contributed by atoms with Crippen molar-refractivity contribution in [2.24, 2.45) is 17.8 Å². The van der Waals surface area contributed by atoms with E-state index in [2.05, 4.69) is 0 Å². The normalized spacial score (nSPS) is 32.5. The number of rotatable bonds is 3. The molecule has 2 amide bonds. The van der Waals surface area contributed by atoms with Crippen molar-refractivity contribution in [3.05, 3.63) is 0 Å². The monoisotopic (exact) mass is 279 g/mol. The summed E-state index contributed by atoms with van der Waals surface area (Å²) in [5, 5.41) is 9.56. The molecule has 2 bridgehead atoms. The minimum atomic E-state index is -1.01. The minimum absolute atomic E-state index is 0.0633. The molecule has 2 saturated carbocycles. The van der Waals surface area contributed by atoms with Crippen molar-refractivity contribution >= 4 is 17.8 Å². The fraction of sp³-hybridized carbons (Fsp3) is 0.800. The molecular formula is C15H21NO4. The van der Waals surface area contributed by atoms with Crippen LogP contribution in [0.2, 0.25) is 0 Å². The summed E-state index contributed by atoms with van der Waals surface area (Å²) >= 11 is 0. The molecule has 1 heterocycles. The van der Waals surface area contributed by atoms with E-state index in [0.717, 1.165) is 49.8 Å². The van der Waals surface area contributed by atoms with Gasteiger partial charge in [-0.15, -0.1) is 0 Å². The highest BCUT2D eigenvalue weighted by Crippen LogP contribution is 2.41. The number of aliphatic carboxylic acids is 1. The molecule has 5 heteroatoms. The molecule has 0 aromatic rings. The van der Waals surface area contributed by atoms with E-state index < -0.39 is 12.0 Å². The quantitative estimate of drug-likeness (QED) is 0.799. The standard InChI is InChI=1S/C15H21NO4/c17-13-10-6-7-11(8-10)14(18)16(13)12(15(19)20)9-4-2-1-3-5-9/h9-12H,1-8H2,(H,19,20). The van der Waals surface area contributed by atoms with Gasteiger partial charge in [0.25, 0.3) is 0 Å². The van der Waals surface area contributed by atoms with Gasteiger partial charge < -0.3 is 5.11 Å². The Morgan fingerprint density at radius 2 is 1.55 bits per heavy atom. The van der Waals surface area contributed by atoms with Gasteiger partial charge in [-0.05, 0) is 38.0 Å². The first kappa shape index (κ1) is 13.6. The Kier molecular flexibility index (Phi) is 3.52. The average Bonchev–Trinajstić information content (AvgIpc) is 2.89. The summed E-state index contributed by atoms with van der Waals surface area (Å²) < 4.78 is 0. The molecule has 0 radical (unpaired) electrons. The van der Waals surface area contributed by atoms with Crippen LogP contribution in [0.1, 0.15) is 51.4 Å². The fourth-order valence-corrected chi connectivity index (χ4v) is 4.18. The second-order valence-corrected chi connectivity index (χ2v) is 6.43. The summed E-state index contributed by atoms with van der Waals surface area (Å²) in [6, 6.07) is -0.932. The van der Waals surface area contributed by atoms with Crippen LogP contribution in [0.25, 0.3) is 0 Å². The largest absolute Gasteiger partial charge is 0.480 e. The molecule has 3 fully saturated rings. The van der Waals surface area contributed by atoms with Crippen molar-refractivity contribution in [1.29, 1.82) is 0 Å². The lowest BCUT2D eigenvalue weighted by atomic mass is 9.81. The van der Waals surface area contributed by atoms with E-state index >= 15 is 0 Å². The number of fused-ring (bicyclic) bond motifs is 2. The number of hydrogen-bond acceptors (Lipinski definition) is 3. The number of hydrogen-bond donors (Lipinski definition) is 1. The summed E-state index contributed by atoms with van der Waals surface area (Å²) in [5.74, 6) is -1.79. The van der Waals surface area contributed by atoms with Gasteiger partial charge in [-0.25, -0.2) is 4.79 Å². The number of carbonyl (C=O) groups is 3. The summed E-state index contributed by atoms with van der Waals surface area (Å²) in [7, 11) is 0. The number of imide groups is 1. The summed E-state index contributed by atoms with van der Waals surface area (Å²) in [4.78, 5) is 37.7. The summed E-state index contributed by atoms with van der Waals surface area (Å²) in [5.41, 5.74) is 0. The van der Waals surface area contributed by atoms with Gasteiger partial charge in [-0.3, -0.25) is 14.5 Å². The number of carboxylic acids is 1. The first-order chi connectivity index (χ1) is 9.59. The van der Waals surface area contributed by atoms with Crippen LogP contribution >= 0.6 is 0 Å². The van der Waals surface area contributed by atoms with Crippen molar-refractivity contribution in [2.75, 3.05) is 0 Å². The molecule has 110 valence electrons.